The average Bonchev–Trinajstić information content (AvgIpc) is 2.39. The van der Waals surface area contributed by atoms with Crippen molar-refractivity contribution >= 4 is 12.4 Å². The molecule has 0 aliphatic rings. The average molecular weight is 276 g/mol. The quantitative estimate of drug-likeness (QED) is 0.424. The summed E-state index contributed by atoms with van der Waals surface area (Å²) in [4.78, 5) is 10.4. The number of hydrogen-bond donors (Lipinski definition) is 3. The molecule has 0 spiro atoms. The number of allylic oxidation sites excluding steroid dienone is 2. The van der Waals surface area contributed by atoms with E-state index in [4.69, 9.17) is 0 Å². The minimum Gasteiger partial charge on any atom is -0.508 e. The number of rotatable bonds is 6. The van der Waals surface area contributed by atoms with Gasteiger partial charge in [-0.25, -0.2) is 0 Å². The van der Waals surface area contributed by atoms with Gasteiger partial charge in [0.1, 0.15) is 17.8 Å². The number of phenolic OH excluding ortho intramolecular Hbond substituents is 2. The van der Waals surface area contributed by atoms with Crippen LogP contribution >= 0.6 is 0 Å². The van der Waals surface area contributed by atoms with E-state index in [9.17, 15) is 20.1 Å². The fraction of sp³-hybridized carbons (Fsp3) is 0.312. The summed E-state index contributed by atoms with van der Waals surface area (Å²) < 4.78 is 0. The van der Waals surface area contributed by atoms with Gasteiger partial charge in [-0.15, -0.1) is 0 Å². The molecule has 0 saturated heterocycles. The van der Waals surface area contributed by atoms with Crippen LogP contribution in [0.5, 0.6) is 11.5 Å². The Balaban J connectivity index is 2.72. The lowest BCUT2D eigenvalue weighted by atomic mass is 9.97. The van der Waals surface area contributed by atoms with E-state index in [-0.39, 0.29) is 11.5 Å². The molecule has 0 aliphatic carbocycles. The molecule has 0 aliphatic heterocycles. The fourth-order valence-electron chi connectivity index (χ4n) is 1.67. The van der Waals surface area contributed by atoms with Crippen molar-refractivity contribution in [1.82, 2.24) is 0 Å². The Kier molecular flexibility index (Phi) is 5.53. The molecule has 1 rings (SSSR count). The molecule has 0 unspecified atom stereocenters. The van der Waals surface area contributed by atoms with Gasteiger partial charge in [0.15, 0.2) is 0 Å². The highest BCUT2D eigenvalue weighted by Gasteiger charge is 2.15. The second-order valence-corrected chi connectivity index (χ2v) is 5.04. The summed E-state index contributed by atoms with van der Waals surface area (Å²) in [7, 11) is 0. The highest BCUT2D eigenvalue weighted by Crippen LogP contribution is 2.25. The summed E-state index contributed by atoms with van der Waals surface area (Å²) >= 11 is 0. The molecule has 108 valence electrons. The maximum atomic E-state index is 10.4. The zero-order chi connectivity index (χ0) is 15.2. The Labute approximate surface area is 118 Å². The third-order valence-electron chi connectivity index (χ3n) is 2.94. The van der Waals surface area contributed by atoms with Gasteiger partial charge in [0.05, 0.1) is 5.60 Å². The summed E-state index contributed by atoms with van der Waals surface area (Å²) in [6.45, 7) is 3.36. The van der Waals surface area contributed by atoms with E-state index in [1.807, 2.05) is 0 Å². The smallest absolute Gasteiger partial charge is 0.145 e. The Bertz CT molecular complexity index is 527. The Morgan fingerprint density at radius 1 is 1.35 bits per heavy atom. The molecule has 20 heavy (non-hydrogen) atoms. The normalized spacial score (nSPS) is 15.2. The van der Waals surface area contributed by atoms with Gasteiger partial charge in [0.25, 0.3) is 0 Å². The van der Waals surface area contributed by atoms with Gasteiger partial charge in [0, 0.05) is 5.56 Å². The van der Waals surface area contributed by atoms with E-state index in [0.29, 0.717) is 24.0 Å². The summed E-state index contributed by atoms with van der Waals surface area (Å²) in [5.74, 6) is 0.0816. The molecular weight excluding hydrogens is 256 g/mol. The lowest BCUT2D eigenvalue weighted by molar-refractivity contribution is -0.104. The van der Waals surface area contributed by atoms with E-state index in [1.54, 1.807) is 32.1 Å². The molecule has 1 aromatic rings. The maximum Gasteiger partial charge on any atom is 0.145 e. The summed E-state index contributed by atoms with van der Waals surface area (Å²) in [6, 6.07) is 4.19. The number of aliphatic hydroxyl groups is 1. The van der Waals surface area contributed by atoms with Crippen LogP contribution in [0.3, 0.4) is 0 Å². The standard InChI is InChI=1S/C16H20O4/c1-12(11-17)4-3-8-16(2,20)9-7-13-10-14(18)5-6-15(13)19/h4-7,9-11,18-20H,3,8H2,1-2H3/b9-7-,12-4+/t16-/m0/s1. The Morgan fingerprint density at radius 2 is 2.05 bits per heavy atom. The minimum absolute atomic E-state index is 0.0338. The third kappa shape index (κ3) is 5.28. The Morgan fingerprint density at radius 3 is 2.70 bits per heavy atom. The lowest BCUT2D eigenvalue weighted by Gasteiger charge is -2.18. The van der Waals surface area contributed by atoms with Crippen LogP contribution in [0.25, 0.3) is 6.08 Å². The first-order chi connectivity index (χ1) is 9.34. The molecule has 0 aromatic heterocycles. The molecule has 0 fully saturated rings. The van der Waals surface area contributed by atoms with Crippen molar-refractivity contribution in [2.75, 3.05) is 0 Å². The highest BCUT2D eigenvalue weighted by atomic mass is 16.3. The third-order valence-corrected chi connectivity index (χ3v) is 2.94. The first kappa shape index (κ1) is 16.0. The second kappa shape index (κ2) is 6.91. The second-order valence-electron chi connectivity index (χ2n) is 5.04. The van der Waals surface area contributed by atoms with Gasteiger partial charge in [-0.3, -0.25) is 4.79 Å². The van der Waals surface area contributed by atoms with Crippen LogP contribution in [0, 0.1) is 0 Å². The summed E-state index contributed by atoms with van der Waals surface area (Å²) in [6.07, 6.45) is 6.69. The number of hydrogen-bond acceptors (Lipinski definition) is 4. The van der Waals surface area contributed by atoms with E-state index in [1.165, 1.54) is 18.2 Å². The van der Waals surface area contributed by atoms with E-state index in [2.05, 4.69) is 0 Å². The van der Waals surface area contributed by atoms with Crippen molar-refractivity contribution in [2.24, 2.45) is 0 Å². The number of aldehydes is 1. The summed E-state index contributed by atoms with van der Waals surface area (Å²) in [5.41, 5.74) is 0.0117. The predicted octanol–water partition coefficient (Wildman–Crippen LogP) is 2.79. The molecule has 0 radical (unpaired) electrons. The van der Waals surface area contributed by atoms with Crippen LogP contribution in [0.4, 0.5) is 0 Å². The predicted molar refractivity (Wildman–Crippen MR) is 78.5 cm³/mol. The first-order valence-electron chi connectivity index (χ1n) is 6.39. The Hall–Kier alpha value is -2.07. The SMILES string of the molecule is C/C(C=O)=C\CC[C@](C)(O)/C=C\c1cc(O)ccc1O. The number of aromatic hydroxyl groups is 2. The monoisotopic (exact) mass is 276 g/mol. The zero-order valence-corrected chi connectivity index (χ0v) is 11.7. The largest absolute Gasteiger partial charge is 0.508 e. The number of phenols is 2. The van der Waals surface area contributed by atoms with Crippen LogP contribution in [0.15, 0.2) is 35.9 Å². The molecule has 4 heteroatoms. The van der Waals surface area contributed by atoms with Crippen molar-refractivity contribution in [3.63, 3.8) is 0 Å². The molecule has 0 bridgehead atoms. The van der Waals surface area contributed by atoms with Crippen LogP contribution in [-0.4, -0.2) is 27.2 Å². The minimum atomic E-state index is -1.06. The molecule has 0 amide bonds. The molecule has 0 heterocycles. The van der Waals surface area contributed by atoms with Crippen molar-refractivity contribution in [3.05, 3.63) is 41.5 Å². The van der Waals surface area contributed by atoms with Gasteiger partial charge >= 0.3 is 0 Å². The van der Waals surface area contributed by atoms with Crippen molar-refractivity contribution in [3.8, 4) is 11.5 Å². The van der Waals surface area contributed by atoms with Gasteiger partial charge in [-0.05, 0) is 50.5 Å². The first-order valence-corrected chi connectivity index (χ1v) is 6.39. The number of benzene rings is 1. The van der Waals surface area contributed by atoms with E-state index in [0.717, 1.165) is 6.29 Å². The molecule has 4 nitrogen and oxygen atoms in total. The molecule has 1 atom stereocenters. The highest BCUT2D eigenvalue weighted by molar-refractivity contribution is 5.71. The van der Waals surface area contributed by atoms with Crippen molar-refractivity contribution in [1.29, 1.82) is 0 Å². The zero-order valence-electron chi connectivity index (χ0n) is 11.7. The van der Waals surface area contributed by atoms with Gasteiger partial charge < -0.3 is 15.3 Å². The van der Waals surface area contributed by atoms with Crippen LogP contribution in [0.2, 0.25) is 0 Å². The molecule has 3 N–H and O–H groups in total. The van der Waals surface area contributed by atoms with Gasteiger partial charge in [-0.1, -0.05) is 18.2 Å². The van der Waals surface area contributed by atoms with E-state index >= 15 is 0 Å². The maximum absolute atomic E-state index is 10.4. The molecule has 0 saturated carbocycles. The lowest BCUT2D eigenvalue weighted by Crippen LogP contribution is -2.19. The fourth-order valence-corrected chi connectivity index (χ4v) is 1.67. The van der Waals surface area contributed by atoms with Crippen molar-refractivity contribution in [2.45, 2.75) is 32.3 Å². The van der Waals surface area contributed by atoms with Crippen molar-refractivity contribution < 1.29 is 20.1 Å². The van der Waals surface area contributed by atoms with Gasteiger partial charge in [-0.2, -0.15) is 0 Å². The topological polar surface area (TPSA) is 77.8 Å². The summed E-state index contributed by atoms with van der Waals surface area (Å²) in [5, 5.41) is 29.1. The number of carbonyl (C=O) groups excluding carboxylic acids is 1. The van der Waals surface area contributed by atoms with Crippen LogP contribution in [0.1, 0.15) is 32.3 Å². The van der Waals surface area contributed by atoms with E-state index < -0.39 is 5.60 Å². The van der Waals surface area contributed by atoms with Crippen LogP contribution in [-0.2, 0) is 4.79 Å². The molecular formula is C16H20O4. The molecule has 1 aromatic carbocycles. The van der Waals surface area contributed by atoms with Gasteiger partial charge in [0.2, 0.25) is 0 Å². The van der Waals surface area contributed by atoms with Crippen LogP contribution < -0.4 is 0 Å². The number of carbonyl (C=O) groups is 1.